The first-order valence-corrected chi connectivity index (χ1v) is 5.28. The molecule has 0 amide bonds. The molecule has 1 aliphatic rings. The standard InChI is InChI=1S/C11H22N2/c1-4-5-6-7-12-11-8-10(2)13(3)9-11/h4-5,10-12H,6-9H2,1-3H3/b5-4+. The zero-order valence-electron chi connectivity index (χ0n) is 9.09. The number of likely N-dealkylation sites (N-methyl/N-ethyl adjacent to an activating group) is 1. The molecule has 0 spiro atoms. The lowest BCUT2D eigenvalue weighted by Gasteiger charge is -2.12. The molecule has 1 saturated heterocycles. The van der Waals surface area contributed by atoms with Crippen LogP contribution in [0.1, 0.15) is 26.7 Å². The molecule has 1 rings (SSSR count). The summed E-state index contributed by atoms with van der Waals surface area (Å²) in [5.41, 5.74) is 0. The molecular weight excluding hydrogens is 160 g/mol. The smallest absolute Gasteiger partial charge is 0.0209 e. The largest absolute Gasteiger partial charge is 0.312 e. The topological polar surface area (TPSA) is 15.3 Å². The van der Waals surface area contributed by atoms with E-state index in [2.05, 4.69) is 43.3 Å². The molecule has 1 aliphatic heterocycles. The predicted molar refractivity (Wildman–Crippen MR) is 57.9 cm³/mol. The molecule has 2 heteroatoms. The average molecular weight is 182 g/mol. The van der Waals surface area contributed by atoms with Crippen LogP contribution in [0.15, 0.2) is 12.2 Å². The quantitative estimate of drug-likeness (QED) is 0.525. The summed E-state index contributed by atoms with van der Waals surface area (Å²) in [6.07, 6.45) is 6.79. The van der Waals surface area contributed by atoms with E-state index in [1.165, 1.54) is 13.0 Å². The maximum absolute atomic E-state index is 3.58. The van der Waals surface area contributed by atoms with Gasteiger partial charge in [0.25, 0.3) is 0 Å². The maximum Gasteiger partial charge on any atom is 0.0209 e. The molecule has 76 valence electrons. The molecule has 1 N–H and O–H groups in total. The van der Waals surface area contributed by atoms with Crippen LogP contribution >= 0.6 is 0 Å². The van der Waals surface area contributed by atoms with Crippen LogP contribution < -0.4 is 5.32 Å². The Balaban J connectivity index is 2.10. The zero-order chi connectivity index (χ0) is 9.68. The van der Waals surface area contributed by atoms with Crippen molar-refractivity contribution in [3.05, 3.63) is 12.2 Å². The van der Waals surface area contributed by atoms with Crippen LogP contribution in [-0.2, 0) is 0 Å². The Morgan fingerprint density at radius 3 is 2.85 bits per heavy atom. The Morgan fingerprint density at radius 1 is 1.54 bits per heavy atom. The minimum atomic E-state index is 0.713. The van der Waals surface area contributed by atoms with Crippen LogP contribution in [0, 0.1) is 0 Å². The summed E-state index contributed by atoms with van der Waals surface area (Å²) < 4.78 is 0. The van der Waals surface area contributed by atoms with E-state index in [1.54, 1.807) is 0 Å². The number of allylic oxidation sites excluding steroid dienone is 1. The van der Waals surface area contributed by atoms with Crippen molar-refractivity contribution >= 4 is 0 Å². The fourth-order valence-corrected chi connectivity index (χ4v) is 1.88. The zero-order valence-corrected chi connectivity index (χ0v) is 9.09. The van der Waals surface area contributed by atoms with Crippen molar-refractivity contribution in [1.29, 1.82) is 0 Å². The third-order valence-corrected chi connectivity index (χ3v) is 2.87. The van der Waals surface area contributed by atoms with Crippen molar-refractivity contribution in [2.45, 2.75) is 38.8 Å². The number of hydrogen-bond acceptors (Lipinski definition) is 2. The van der Waals surface area contributed by atoms with Gasteiger partial charge in [-0.25, -0.2) is 0 Å². The third-order valence-electron chi connectivity index (χ3n) is 2.87. The lowest BCUT2D eigenvalue weighted by atomic mass is 10.2. The number of nitrogens with one attached hydrogen (secondary N) is 1. The molecule has 0 aliphatic carbocycles. The summed E-state index contributed by atoms with van der Waals surface area (Å²) in [7, 11) is 2.21. The normalized spacial score (nSPS) is 30.4. The third kappa shape index (κ3) is 3.49. The Bertz CT molecular complexity index is 155. The van der Waals surface area contributed by atoms with E-state index in [-0.39, 0.29) is 0 Å². The predicted octanol–water partition coefficient (Wildman–Crippen LogP) is 1.63. The number of hydrogen-bond donors (Lipinski definition) is 1. The fourth-order valence-electron chi connectivity index (χ4n) is 1.88. The lowest BCUT2D eigenvalue weighted by Crippen LogP contribution is -2.32. The summed E-state index contributed by atoms with van der Waals surface area (Å²) in [4.78, 5) is 2.42. The van der Waals surface area contributed by atoms with Crippen LogP contribution in [0.3, 0.4) is 0 Å². The average Bonchev–Trinajstić information content (AvgIpc) is 2.41. The molecule has 2 nitrogen and oxygen atoms in total. The van der Waals surface area contributed by atoms with Gasteiger partial charge in [-0.05, 0) is 40.3 Å². The molecule has 1 heterocycles. The first-order valence-electron chi connectivity index (χ1n) is 5.28. The molecule has 1 fully saturated rings. The van der Waals surface area contributed by atoms with Crippen molar-refractivity contribution in [2.75, 3.05) is 20.1 Å². The second-order valence-corrected chi connectivity index (χ2v) is 4.03. The van der Waals surface area contributed by atoms with Crippen LogP contribution in [-0.4, -0.2) is 37.1 Å². The van der Waals surface area contributed by atoms with Crippen molar-refractivity contribution in [3.63, 3.8) is 0 Å². The summed E-state index contributed by atoms with van der Waals surface area (Å²) in [5.74, 6) is 0. The molecule has 0 aromatic heterocycles. The Labute approximate surface area is 82.0 Å². The number of nitrogens with zero attached hydrogens (tertiary/aromatic N) is 1. The van der Waals surface area contributed by atoms with Gasteiger partial charge < -0.3 is 10.2 Å². The van der Waals surface area contributed by atoms with Crippen LogP contribution in [0.2, 0.25) is 0 Å². The minimum absolute atomic E-state index is 0.713. The van der Waals surface area contributed by atoms with Crippen LogP contribution in [0.25, 0.3) is 0 Å². The molecule has 2 unspecified atom stereocenters. The van der Waals surface area contributed by atoms with Gasteiger partial charge in [-0.3, -0.25) is 0 Å². The highest BCUT2D eigenvalue weighted by atomic mass is 15.2. The van der Waals surface area contributed by atoms with E-state index >= 15 is 0 Å². The van der Waals surface area contributed by atoms with Gasteiger partial charge in [0.05, 0.1) is 0 Å². The van der Waals surface area contributed by atoms with Crippen molar-refractivity contribution < 1.29 is 0 Å². The monoisotopic (exact) mass is 182 g/mol. The second-order valence-electron chi connectivity index (χ2n) is 4.03. The van der Waals surface area contributed by atoms with E-state index in [1.807, 2.05) is 0 Å². The molecular formula is C11H22N2. The van der Waals surface area contributed by atoms with Crippen LogP contribution in [0.4, 0.5) is 0 Å². The SMILES string of the molecule is C/C=C/CCNC1CC(C)N(C)C1. The van der Waals surface area contributed by atoms with E-state index in [9.17, 15) is 0 Å². The van der Waals surface area contributed by atoms with Crippen LogP contribution in [0.5, 0.6) is 0 Å². The Kier molecular flexibility index (Phi) is 4.46. The highest BCUT2D eigenvalue weighted by molar-refractivity contribution is 4.86. The summed E-state index contributed by atoms with van der Waals surface area (Å²) in [6.45, 7) is 6.70. The van der Waals surface area contributed by atoms with Gasteiger partial charge in [0, 0.05) is 18.6 Å². The van der Waals surface area contributed by atoms with Gasteiger partial charge in [0.1, 0.15) is 0 Å². The minimum Gasteiger partial charge on any atom is -0.312 e. The summed E-state index contributed by atoms with van der Waals surface area (Å²) >= 11 is 0. The van der Waals surface area contributed by atoms with Crippen molar-refractivity contribution in [3.8, 4) is 0 Å². The van der Waals surface area contributed by atoms with Gasteiger partial charge in [0.15, 0.2) is 0 Å². The number of likely N-dealkylation sites (tertiary alicyclic amines) is 1. The van der Waals surface area contributed by atoms with Gasteiger partial charge in [-0.1, -0.05) is 12.2 Å². The van der Waals surface area contributed by atoms with E-state index < -0.39 is 0 Å². The maximum atomic E-state index is 3.58. The second kappa shape index (κ2) is 5.40. The van der Waals surface area contributed by atoms with Gasteiger partial charge in [-0.15, -0.1) is 0 Å². The van der Waals surface area contributed by atoms with Gasteiger partial charge >= 0.3 is 0 Å². The first kappa shape index (κ1) is 10.7. The first-order chi connectivity index (χ1) is 6.24. The molecule has 0 bridgehead atoms. The fraction of sp³-hybridized carbons (Fsp3) is 0.818. The van der Waals surface area contributed by atoms with Crippen molar-refractivity contribution in [2.24, 2.45) is 0 Å². The molecule has 2 atom stereocenters. The van der Waals surface area contributed by atoms with Gasteiger partial charge in [-0.2, -0.15) is 0 Å². The van der Waals surface area contributed by atoms with E-state index in [0.29, 0.717) is 6.04 Å². The summed E-state index contributed by atoms with van der Waals surface area (Å²) in [6, 6.07) is 1.46. The molecule has 0 saturated carbocycles. The Hall–Kier alpha value is -0.340. The highest BCUT2D eigenvalue weighted by Crippen LogP contribution is 2.14. The van der Waals surface area contributed by atoms with E-state index in [4.69, 9.17) is 0 Å². The molecule has 0 aromatic carbocycles. The van der Waals surface area contributed by atoms with Crippen molar-refractivity contribution in [1.82, 2.24) is 10.2 Å². The Morgan fingerprint density at radius 2 is 2.31 bits per heavy atom. The van der Waals surface area contributed by atoms with E-state index in [0.717, 1.165) is 19.0 Å². The van der Waals surface area contributed by atoms with Gasteiger partial charge in [0.2, 0.25) is 0 Å². The summed E-state index contributed by atoms with van der Waals surface area (Å²) in [5, 5.41) is 3.58. The lowest BCUT2D eigenvalue weighted by molar-refractivity contribution is 0.327. The molecule has 0 aromatic rings. The number of rotatable bonds is 4. The highest BCUT2D eigenvalue weighted by Gasteiger charge is 2.24. The molecule has 0 radical (unpaired) electrons. The molecule has 13 heavy (non-hydrogen) atoms.